The van der Waals surface area contributed by atoms with Gasteiger partial charge in [0.2, 0.25) is 0 Å². The first-order valence-corrected chi connectivity index (χ1v) is 2.32. The Morgan fingerprint density at radius 3 is 1.57 bits per heavy atom. The monoisotopic (exact) mass is 110 g/mol. The average Bonchev–Trinajstić information content (AvgIpc) is 1.76. The van der Waals surface area contributed by atoms with Gasteiger partial charge < -0.3 is 11.9 Å². The van der Waals surface area contributed by atoms with Gasteiger partial charge in [0.15, 0.2) is 0 Å². The van der Waals surface area contributed by atoms with Gasteiger partial charge in [0.25, 0.3) is 0 Å². The molecule has 1 nitrogen and oxygen atoms in total. The third-order valence-electron chi connectivity index (χ3n) is 1.07. The minimum Gasteiger partial charge on any atom is -0.870 e. The Morgan fingerprint density at radius 1 is 1.00 bits per heavy atom. The molecule has 1 fully saturated rings. The molecule has 0 unspecified atom stereocenters. The maximum absolute atomic E-state index is 2.36. The van der Waals surface area contributed by atoms with E-state index < -0.39 is 0 Å². The fourth-order valence-corrected chi connectivity index (χ4v) is 0.722. The van der Waals surface area contributed by atoms with E-state index in [9.17, 15) is 0 Å². The molecule has 1 aliphatic carbocycles. The van der Waals surface area contributed by atoms with Gasteiger partial charge in [-0.25, -0.2) is 0 Å². The molecule has 0 radical (unpaired) electrons. The van der Waals surface area contributed by atoms with Gasteiger partial charge in [-0.05, 0) is 0 Å². The van der Waals surface area contributed by atoms with Crippen molar-refractivity contribution in [3.8, 4) is 0 Å². The summed E-state index contributed by atoms with van der Waals surface area (Å²) in [5.74, 6) is 0. The largest absolute Gasteiger partial charge is 2.00 e. The van der Waals surface area contributed by atoms with E-state index in [0.29, 0.717) is 0 Å². The second kappa shape index (κ2) is 6.73. The van der Waals surface area contributed by atoms with Crippen LogP contribution in [-0.4, -0.2) is 28.5 Å². The van der Waals surface area contributed by atoms with Crippen molar-refractivity contribution in [3.05, 3.63) is 6.42 Å². The molecule has 0 saturated heterocycles. The van der Waals surface area contributed by atoms with Crippen LogP contribution in [0.4, 0.5) is 0 Å². The van der Waals surface area contributed by atoms with Crippen molar-refractivity contribution < 1.29 is 5.48 Å². The number of hydrogen-bond donors (Lipinski definition) is 0. The summed E-state index contributed by atoms with van der Waals surface area (Å²) in [7, 11) is 0. The maximum Gasteiger partial charge on any atom is 2.00 e. The molecule has 0 aromatic rings. The van der Waals surface area contributed by atoms with Gasteiger partial charge in [0, 0.05) is 0 Å². The van der Waals surface area contributed by atoms with Crippen molar-refractivity contribution in [2.45, 2.75) is 25.7 Å². The molecular weight excluding hydrogens is 100 g/mol. The Balaban J connectivity index is 0. The summed E-state index contributed by atoms with van der Waals surface area (Å²) >= 11 is 0. The van der Waals surface area contributed by atoms with Crippen molar-refractivity contribution >= 4 is 23.1 Å². The quantitative estimate of drug-likeness (QED) is 0.340. The van der Waals surface area contributed by atoms with E-state index in [1.54, 1.807) is 0 Å². The summed E-state index contributed by atoms with van der Waals surface area (Å²) in [6, 6.07) is 0. The SMILES string of the molecule is [CH-]1CCCC1.[Mg+2].[OH-]. The third-order valence-corrected chi connectivity index (χ3v) is 1.07. The predicted molar refractivity (Wildman–Crippen MR) is 30.5 cm³/mol. The van der Waals surface area contributed by atoms with E-state index in [0.717, 1.165) is 0 Å². The second-order valence-electron chi connectivity index (χ2n) is 1.57. The molecule has 1 aliphatic rings. The second-order valence-corrected chi connectivity index (χ2v) is 1.57. The Bertz CT molecular complexity index is 19.7. The van der Waals surface area contributed by atoms with Crippen LogP contribution >= 0.6 is 0 Å². The number of hydrogen-bond acceptors (Lipinski definition) is 1. The Morgan fingerprint density at radius 2 is 1.43 bits per heavy atom. The van der Waals surface area contributed by atoms with Gasteiger partial charge >= 0.3 is 23.1 Å². The fourth-order valence-electron chi connectivity index (χ4n) is 0.722. The minimum atomic E-state index is 0. The van der Waals surface area contributed by atoms with Gasteiger partial charge in [0.05, 0.1) is 0 Å². The van der Waals surface area contributed by atoms with Crippen LogP contribution in [0.3, 0.4) is 0 Å². The van der Waals surface area contributed by atoms with E-state index in [-0.39, 0.29) is 28.5 Å². The summed E-state index contributed by atoms with van der Waals surface area (Å²) in [5, 5.41) is 0. The third kappa shape index (κ3) is 4.58. The molecular formula is C5H10MgO. The zero-order chi connectivity index (χ0) is 3.54. The van der Waals surface area contributed by atoms with Crippen LogP contribution in [-0.2, 0) is 0 Å². The van der Waals surface area contributed by atoms with Crippen molar-refractivity contribution in [1.29, 1.82) is 0 Å². The van der Waals surface area contributed by atoms with Crippen LogP contribution < -0.4 is 0 Å². The Hall–Kier alpha value is 0.726. The van der Waals surface area contributed by atoms with Crippen molar-refractivity contribution in [1.82, 2.24) is 0 Å². The standard InChI is InChI=1S/C5H9.Mg.H2O/c1-2-4-5-3-1;;/h1H,2-5H2;;1H2/q-1;+2;/p-1. The Kier molecular flexibility index (Phi) is 10.2. The molecule has 0 bridgehead atoms. The first-order chi connectivity index (χ1) is 2.50. The topological polar surface area (TPSA) is 30.0 Å². The summed E-state index contributed by atoms with van der Waals surface area (Å²) in [5.41, 5.74) is 0. The summed E-state index contributed by atoms with van der Waals surface area (Å²) in [6.07, 6.45) is 8.00. The maximum atomic E-state index is 2.36. The van der Waals surface area contributed by atoms with E-state index in [1.165, 1.54) is 25.7 Å². The first kappa shape index (κ1) is 10.7. The van der Waals surface area contributed by atoms with Gasteiger partial charge in [-0.2, -0.15) is 12.8 Å². The van der Waals surface area contributed by atoms with Crippen molar-refractivity contribution in [3.63, 3.8) is 0 Å². The molecule has 38 valence electrons. The molecule has 0 aliphatic heterocycles. The van der Waals surface area contributed by atoms with E-state index in [1.807, 2.05) is 0 Å². The predicted octanol–water partition coefficient (Wildman–Crippen LogP) is 1.21. The van der Waals surface area contributed by atoms with E-state index >= 15 is 0 Å². The minimum absolute atomic E-state index is 0. The molecule has 0 aromatic heterocycles. The molecule has 0 heterocycles. The molecule has 0 aromatic carbocycles. The van der Waals surface area contributed by atoms with Crippen LogP contribution in [0.1, 0.15) is 25.7 Å². The zero-order valence-electron chi connectivity index (χ0n) is 4.56. The van der Waals surface area contributed by atoms with Crippen LogP contribution in [0.2, 0.25) is 0 Å². The normalized spacial score (nSPS) is 17.1. The molecule has 0 amide bonds. The van der Waals surface area contributed by atoms with E-state index in [4.69, 9.17) is 0 Å². The molecule has 0 atom stereocenters. The van der Waals surface area contributed by atoms with Crippen molar-refractivity contribution in [2.75, 3.05) is 0 Å². The molecule has 2 heteroatoms. The summed E-state index contributed by atoms with van der Waals surface area (Å²) < 4.78 is 0. The van der Waals surface area contributed by atoms with Crippen LogP contribution in [0, 0.1) is 6.42 Å². The average molecular weight is 110 g/mol. The van der Waals surface area contributed by atoms with Crippen LogP contribution in [0.5, 0.6) is 0 Å². The summed E-state index contributed by atoms with van der Waals surface area (Å²) in [4.78, 5) is 0. The van der Waals surface area contributed by atoms with Gasteiger partial charge in [0.1, 0.15) is 0 Å². The van der Waals surface area contributed by atoms with E-state index in [2.05, 4.69) is 6.42 Å². The molecule has 0 spiro atoms. The van der Waals surface area contributed by atoms with Gasteiger partial charge in [-0.3, -0.25) is 0 Å². The zero-order valence-corrected chi connectivity index (χ0v) is 5.97. The van der Waals surface area contributed by atoms with Gasteiger partial charge in [-0.1, -0.05) is 12.8 Å². The Labute approximate surface area is 60.9 Å². The first-order valence-electron chi connectivity index (χ1n) is 2.32. The van der Waals surface area contributed by atoms with Gasteiger partial charge in [-0.15, -0.1) is 0 Å². The fraction of sp³-hybridized carbons (Fsp3) is 0.800. The smallest absolute Gasteiger partial charge is 0.870 e. The molecule has 1 N–H and O–H groups in total. The molecule has 7 heavy (non-hydrogen) atoms. The van der Waals surface area contributed by atoms with Crippen LogP contribution in [0.15, 0.2) is 0 Å². The molecule has 1 rings (SSSR count). The van der Waals surface area contributed by atoms with Crippen molar-refractivity contribution in [2.24, 2.45) is 0 Å². The number of rotatable bonds is 0. The summed E-state index contributed by atoms with van der Waals surface area (Å²) in [6.45, 7) is 0. The molecule has 1 saturated carbocycles. The van der Waals surface area contributed by atoms with Crippen LogP contribution in [0.25, 0.3) is 0 Å².